The van der Waals surface area contributed by atoms with Gasteiger partial charge in [-0.1, -0.05) is 6.90 Å². The Hall–Kier alpha value is -4.74. The summed E-state index contributed by atoms with van der Waals surface area (Å²) in [5.74, 6) is -1.01. The Kier molecular flexibility index (Phi) is 53.0. The van der Waals surface area contributed by atoms with Gasteiger partial charge in [-0.2, -0.15) is 0 Å². The summed E-state index contributed by atoms with van der Waals surface area (Å²) in [4.78, 5) is 124. The maximum absolute atomic E-state index is 13.1. The van der Waals surface area contributed by atoms with Crippen molar-refractivity contribution in [2.45, 2.75) is 83.9 Å². The Balaban J connectivity index is 5.07. The molecule has 5 N–H and O–H groups in total. The lowest BCUT2D eigenvalue weighted by atomic mass is 10.1. The van der Waals surface area contributed by atoms with Crippen LogP contribution in [0.5, 0.6) is 0 Å². The maximum atomic E-state index is 13.1. The van der Waals surface area contributed by atoms with Gasteiger partial charge in [-0.25, -0.2) is 0 Å². The van der Waals surface area contributed by atoms with E-state index >= 15 is 0 Å². The van der Waals surface area contributed by atoms with E-state index in [2.05, 4.69) is 26.6 Å². The first-order chi connectivity index (χ1) is 39.1. The highest BCUT2D eigenvalue weighted by Gasteiger charge is 2.16. The van der Waals surface area contributed by atoms with Crippen molar-refractivity contribution in [2.75, 3.05) is 197 Å². The van der Waals surface area contributed by atoms with Crippen molar-refractivity contribution in [1.29, 1.82) is 0 Å². The van der Waals surface area contributed by atoms with Crippen LogP contribution in [0, 0.1) is 0 Å². The number of carbonyl (C=O) groups is 10. The molecule has 26 nitrogen and oxygen atoms in total. The van der Waals surface area contributed by atoms with Crippen molar-refractivity contribution in [3.63, 3.8) is 0 Å². The number of aldehydes is 4. The highest BCUT2D eigenvalue weighted by molar-refractivity contribution is 5.79. The van der Waals surface area contributed by atoms with Gasteiger partial charge in [0, 0.05) is 151 Å². The zero-order chi connectivity index (χ0) is 58.6. The summed E-state index contributed by atoms with van der Waals surface area (Å²) in [6.45, 7) is 9.93. The van der Waals surface area contributed by atoms with E-state index in [1.807, 2.05) is 14.7 Å². The van der Waals surface area contributed by atoms with Crippen LogP contribution in [0.2, 0.25) is 0 Å². The molecule has 0 fully saturated rings. The average molecular weight is 1140 g/mol. The average Bonchev–Trinajstić information content (AvgIpc) is 3.45. The van der Waals surface area contributed by atoms with E-state index in [4.69, 9.17) is 39.3 Å². The lowest BCUT2D eigenvalue weighted by molar-refractivity contribution is -0.123. The molecule has 0 aromatic rings. The molecule has 0 aromatic carbocycles. The zero-order valence-electron chi connectivity index (χ0n) is 47.9. The Morgan fingerprint density at radius 2 is 0.608 bits per heavy atom. The minimum atomic E-state index is -0.225. The van der Waals surface area contributed by atoms with Crippen LogP contribution in [0.1, 0.15) is 85.3 Å². The lowest BCUT2D eigenvalue weighted by Gasteiger charge is -2.23. The number of carbonyl (C=O) groups excluding carboxylic acids is 10. The number of nitrogens with one attached hydrogen (secondary N) is 5. The van der Waals surface area contributed by atoms with Crippen molar-refractivity contribution in [3.8, 4) is 0 Å². The molecule has 5 amide bonds. The van der Waals surface area contributed by atoms with E-state index in [1.165, 1.54) is 0 Å². The van der Waals surface area contributed by atoms with Crippen molar-refractivity contribution in [1.82, 2.24) is 41.3 Å². The number of Topliss-reactive ketones (excluding diaryl/α,β-unsaturated/α-hetero) is 1. The van der Waals surface area contributed by atoms with Gasteiger partial charge in [0.2, 0.25) is 29.5 Å². The number of amides is 5. The highest BCUT2D eigenvalue weighted by Crippen LogP contribution is 2.05. The summed E-state index contributed by atoms with van der Waals surface area (Å²) in [6.07, 6.45) is 6.12. The number of hydrogen-bond acceptors (Lipinski definition) is 21. The Morgan fingerprint density at radius 1 is 0.329 bits per heavy atom. The van der Waals surface area contributed by atoms with Gasteiger partial charge < -0.3 is 98.4 Å². The fourth-order valence-electron chi connectivity index (χ4n) is 6.87. The summed E-state index contributed by atoms with van der Waals surface area (Å²) in [7, 11) is 0. The fourth-order valence-corrected chi connectivity index (χ4v) is 6.87. The second-order valence-electron chi connectivity index (χ2n) is 17.6. The van der Waals surface area contributed by atoms with Gasteiger partial charge in [0.25, 0.3) is 0 Å². The third-order valence-corrected chi connectivity index (χ3v) is 11.3. The van der Waals surface area contributed by atoms with Crippen LogP contribution in [0.15, 0.2) is 0 Å². The number of nitrogens with zero attached hydrogens (tertiary/aromatic N) is 3. The summed E-state index contributed by atoms with van der Waals surface area (Å²) >= 11 is 0. The molecule has 0 atom stereocenters. The maximum Gasteiger partial charge on any atom is 0.221 e. The second kappa shape index (κ2) is 57.9. The van der Waals surface area contributed by atoms with E-state index in [9.17, 15) is 47.9 Å². The summed E-state index contributed by atoms with van der Waals surface area (Å²) in [5.41, 5.74) is 0. The van der Waals surface area contributed by atoms with Crippen molar-refractivity contribution >= 4 is 60.5 Å². The van der Waals surface area contributed by atoms with Gasteiger partial charge in [0.15, 0.2) is 0 Å². The molecule has 0 bridgehead atoms. The molecule has 456 valence electrons. The predicted octanol–water partition coefficient (Wildman–Crippen LogP) is -1.33. The summed E-state index contributed by atoms with van der Waals surface area (Å²) in [6, 6.07) is 0. The van der Waals surface area contributed by atoms with Gasteiger partial charge >= 0.3 is 0 Å². The molecule has 0 spiro atoms. The molecule has 0 saturated heterocycles. The SMILES string of the molecule is [3H]CCN(CCC(=O)CCCN(CCC(=O)NCCOCCOCCC=O)CCC(=O)NCCOCCOCCC=O)CCC(=O)NCCN(CCC(=O)NCCOCCOCCC=O)CCC(=O)NCCOCCOCCC=O. The molecule has 0 aliphatic carbocycles. The van der Waals surface area contributed by atoms with E-state index in [1.54, 1.807) is 0 Å². The first-order valence-corrected chi connectivity index (χ1v) is 27.8. The molecule has 0 saturated carbocycles. The number of rotatable bonds is 62. The molecule has 0 aromatic heterocycles. The van der Waals surface area contributed by atoms with Crippen LogP contribution in [0.3, 0.4) is 0 Å². The molecule has 0 aliphatic heterocycles. The van der Waals surface area contributed by atoms with Crippen molar-refractivity contribution < 1.29 is 87.2 Å². The van der Waals surface area contributed by atoms with Gasteiger partial charge in [-0.05, 0) is 19.5 Å². The van der Waals surface area contributed by atoms with Crippen molar-refractivity contribution in [2.24, 2.45) is 0 Å². The first kappa shape index (κ1) is 72.3. The Labute approximate surface area is 469 Å². The van der Waals surface area contributed by atoms with Gasteiger partial charge in [0.1, 0.15) is 30.9 Å². The first-order valence-electron chi connectivity index (χ1n) is 28.5. The van der Waals surface area contributed by atoms with Gasteiger partial charge in [-0.15, -0.1) is 0 Å². The third-order valence-electron chi connectivity index (χ3n) is 11.3. The lowest BCUT2D eigenvalue weighted by Crippen LogP contribution is -2.40. The molecular formula is C53H96N8O18. The number of ether oxygens (including phenoxy) is 8. The normalized spacial score (nSPS) is 11.4. The fraction of sp³-hybridized carbons (Fsp3) is 0.811. The number of ketones is 1. The third kappa shape index (κ3) is 53.7. The molecule has 0 unspecified atom stereocenters. The van der Waals surface area contributed by atoms with E-state index in [0.29, 0.717) is 196 Å². The summed E-state index contributed by atoms with van der Waals surface area (Å²) in [5, 5.41) is 14.2. The minimum absolute atomic E-state index is 0.00893. The van der Waals surface area contributed by atoms with Crippen LogP contribution in [0.4, 0.5) is 0 Å². The van der Waals surface area contributed by atoms with E-state index in [-0.39, 0.29) is 120 Å². The minimum Gasteiger partial charge on any atom is -0.379 e. The molecule has 0 radical (unpaired) electrons. The van der Waals surface area contributed by atoms with E-state index in [0.717, 1.165) is 25.1 Å². The number of hydrogen-bond donors (Lipinski definition) is 5. The molecular weight excluding hydrogens is 1040 g/mol. The second-order valence-corrected chi connectivity index (χ2v) is 17.6. The topological polar surface area (TPSA) is 314 Å². The molecule has 0 rings (SSSR count). The molecule has 0 aliphatic rings. The molecule has 0 heterocycles. The van der Waals surface area contributed by atoms with Gasteiger partial charge in [-0.3, -0.25) is 28.8 Å². The zero-order valence-corrected chi connectivity index (χ0v) is 46.9. The van der Waals surface area contributed by atoms with Crippen molar-refractivity contribution in [3.05, 3.63) is 0 Å². The Bertz CT molecular complexity index is 1420. The molecule has 26 heteroatoms. The summed E-state index contributed by atoms with van der Waals surface area (Å²) < 4.78 is 50.7. The highest BCUT2D eigenvalue weighted by atomic mass is 16.5. The smallest absolute Gasteiger partial charge is 0.221 e. The molecule has 79 heavy (non-hydrogen) atoms. The quantitative estimate of drug-likeness (QED) is 0.0348. The van der Waals surface area contributed by atoms with Gasteiger partial charge in [0.05, 0.1) is 106 Å². The monoisotopic (exact) mass is 1130 g/mol. The van der Waals surface area contributed by atoms with Crippen LogP contribution >= 0.6 is 0 Å². The van der Waals surface area contributed by atoms with Crippen LogP contribution < -0.4 is 26.6 Å². The van der Waals surface area contributed by atoms with Crippen LogP contribution in [0.25, 0.3) is 0 Å². The standard InChI is InChI=1S/C53H96N8O18/c1-2-59(21-9-48(66)8-3-20-60(23-11-50(68)55-16-36-76-44-40-72-32-4-28-62)24-12-51(69)56-17-37-77-45-41-73-33-5-29-63)22-10-49(67)54-15-27-61(25-13-52(70)57-18-38-78-46-42-74-34-6-30-64)26-14-53(71)58-19-39-79-47-43-75-35-7-31-65/h28-31H,2-27,32-47H2,1H3,(H,54,67)(H,55,68)(H,56,69)(H,57,70)(H,58,71)/i1T. The largest absolute Gasteiger partial charge is 0.379 e. The van der Waals surface area contributed by atoms with Crippen LogP contribution in [-0.4, -0.2) is 273 Å². The predicted molar refractivity (Wildman–Crippen MR) is 291 cm³/mol. The van der Waals surface area contributed by atoms with Crippen LogP contribution in [-0.2, 0) is 85.8 Å². The Morgan fingerprint density at radius 3 is 0.924 bits per heavy atom. The van der Waals surface area contributed by atoms with E-state index < -0.39 is 0 Å².